The Hall–Kier alpha value is -1.34. The van der Waals surface area contributed by atoms with Crippen molar-refractivity contribution in [1.29, 1.82) is 0 Å². The van der Waals surface area contributed by atoms with Crippen molar-refractivity contribution in [3.8, 4) is 0 Å². The third-order valence-electron chi connectivity index (χ3n) is 3.78. The minimum atomic E-state index is -0.0885. The van der Waals surface area contributed by atoms with E-state index in [2.05, 4.69) is 15.2 Å². The second-order valence-electron chi connectivity index (χ2n) is 5.31. The molecule has 5 N–H and O–H groups in total. The molecule has 1 saturated heterocycles. The fourth-order valence-corrected chi connectivity index (χ4v) is 3.31. The minimum absolute atomic E-state index is 0.0885. The lowest BCUT2D eigenvalue weighted by Crippen LogP contribution is -2.39. The van der Waals surface area contributed by atoms with Crippen LogP contribution in [0.25, 0.3) is 0 Å². The van der Waals surface area contributed by atoms with Crippen LogP contribution in [0.4, 0.5) is 10.9 Å². The Morgan fingerprint density at radius 3 is 2.79 bits per heavy atom. The summed E-state index contributed by atoms with van der Waals surface area (Å²) in [7, 11) is 0. The van der Waals surface area contributed by atoms with Gasteiger partial charge >= 0.3 is 0 Å². The second-order valence-corrected chi connectivity index (χ2v) is 6.28. The molecular formula is C12H19N5OS. The lowest BCUT2D eigenvalue weighted by Gasteiger charge is -2.26. The Morgan fingerprint density at radius 1 is 1.42 bits per heavy atom. The first kappa shape index (κ1) is 12.7. The number of nitrogens with one attached hydrogen (secondary N) is 1. The maximum atomic E-state index is 12.1. The zero-order valence-electron chi connectivity index (χ0n) is 10.8. The highest BCUT2D eigenvalue weighted by Crippen LogP contribution is 2.30. The maximum Gasteiger partial charge on any atom is 0.265 e. The molecule has 3 rings (SSSR count). The number of carbonyl (C=O) groups is 1. The third kappa shape index (κ3) is 2.52. The molecule has 2 aliphatic rings. The molecule has 104 valence electrons. The van der Waals surface area contributed by atoms with Crippen molar-refractivity contribution in [2.75, 3.05) is 23.7 Å². The van der Waals surface area contributed by atoms with Gasteiger partial charge in [0.1, 0.15) is 10.7 Å². The van der Waals surface area contributed by atoms with Gasteiger partial charge in [0.05, 0.1) is 0 Å². The van der Waals surface area contributed by atoms with E-state index in [1.54, 1.807) is 0 Å². The average Bonchev–Trinajstić information content (AvgIpc) is 2.90. The number of rotatable bonds is 3. The molecule has 1 aromatic heterocycles. The van der Waals surface area contributed by atoms with Crippen molar-refractivity contribution in [1.82, 2.24) is 10.3 Å². The van der Waals surface area contributed by atoms with Crippen molar-refractivity contribution in [2.24, 2.45) is 5.73 Å². The van der Waals surface area contributed by atoms with Gasteiger partial charge in [-0.2, -0.15) is 0 Å². The van der Waals surface area contributed by atoms with Crippen LogP contribution in [0.3, 0.4) is 0 Å². The Kier molecular flexibility index (Phi) is 3.32. The summed E-state index contributed by atoms with van der Waals surface area (Å²) in [4.78, 5) is 19.0. The molecule has 1 saturated carbocycles. The lowest BCUT2D eigenvalue weighted by molar-refractivity contribution is 0.0922. The largest absolute Gasteiger partial charge is 0.382 e. The fourth-order valence-electron chi connectivity index (χ4n) is 2.38. The van der Waals surface area contributed by atoms with Crippen molar-refractivity contribution < 1.29 is 4.79 Å². The first-order valence-electron chi connectivity index (χ1n) is 6.71. The van der Waals surface area contributed by atoms with Crippen LogP contribution in [-0.4, -0.2) is 36.1 Å². The van der Waals surface area contributed by atoms with Gasteiger partial charge in [0.15, 0.2) is 5.13 Å². The minimum Gasteiger partial charge on any atom is -0.382 e. The molecule has 0 aromatic carbocycles. The van der Waals surface area contributed by atoms with Gasteiger partial charge in [-0.15, -0.1) is 0 Å². The predicted molar refractivity (Wildman–Crippen MR) is 76.4 cm³/mol. The number of anilines is 2. The van der Waals surface area contributed by atoms with E-state index in [1.165, 1.54) is 17.8 Å². The number of aromatic nitrogens is 1. The first-order valence-corrected chi connectivity index (χ1v) is 7.53. The van der Waals surface area contributed by atoms with Crippen molar-refractivity contribution in [2.45, 2.75) is 37.8 Å². The topological polar surface area (TPSA) is 97.3 Å². The van der Waals surface area contributed by atoms with Crippen molar-refractivity contribution in [3.63, 3.8) is 0 Å². The summed E-state index contributed by atoms with van der Waals surface area (Å²) in [5.74, 6) is 0.242. The number of nitrogens with zero attached hydrogens (tertiary/aromatic N) is 2. The molecule has 0 spiro atoms. The average molecular weight is 281 g/mol. The van der Waals surface area contributed by atoms with E-state index in [-0.39, 0.29) is 11.9 Å². The Morgan fingerprint density at radius 2 is 2.21 bits per heavy atom. The van der Waals surface area contributed by atoms with E-state index in [9.17, 15) is 4.79 Å². The summed E-state index contributed by atoms with van der Waals surface area (Å²) in [6, 6.07) is 0.509. The molecule has 7 heteroatoms. The lowest BCUT2D eigenvalue weighted by atomic mass is 9.93. The molecule has 1 atom stereocenters. The van der Waals surface area contributed by atoms with Gasteiger partial charge in [0, 0.05) is 25.2 Å². The zero-order chi connectivity index (χ0) is 13.4. The first-order chi connectivity index (χ1) is 9.13. The van der Waals surface area contributed by atoms with Crippen LogP contribution >= 0.6 is 11.3 Å². The molecule has 6 nitrogen and oxygen atoms in total. The van der Waals surface area contributed by atoms with Gasteiger partial charge in [-0.25, -0.2) is 4.98 Å². The van der Waals surface area contributed by atoms with E-state index in [1.807, 2.05) is 0 Å². The van der Waals surface area contributed by atoms with Crippen LogP contribution in [-0.2, 0) is 0 Å². The summed E-state index contributed by atoms with van der Waals surface area (Å²) >= 11 is 1.37. The Labute approximate surface area is 116 Å². The highest BCUT2D eigenvalue weighted by atomic mass is 32.1. The molecule has 1 amide bonds. The number of nitrogen functional groups attached to an aromatic ring is 1. The number of hydrogen-bond donors (Lipinski definition) is 3. The van der Waals surface area contributed by atoms with Gasteiger partial charge in [0.25, 0.3) is 5.91 Å². The van der Waals surface area contributed by atoms with Gasteiger partial charge in [-0.05, 0) is 25.7 Å². The number of hydrogen-bond acceptors (Lipinski definition) is 6. The summed E-state index contributed by atoms with van der Waals surface area (Å²) in [6.07, 6.45) is 4.29. The molecule has 2 heterocycles. The van der Waals surface area contributed by atoms with E-state index in [0.717, 1.165) is 37.5 Å². The van der Waals surface area contributed by atoms with Gasteiger partial charge in [-0.3, -0.25) is 4.79 Å². The number of amides is 1. The standard InChI is InChI=1S/C12H19N5OS/c13-7-4-5-17(6-7)12-16-10(14)9(19-12)11(18)15-8-2-1-3-8/h7-8H,1-6,13-14H2,(H,15,18). The van der Waals surface area contributed by atoms with E-state index in [4.69, 9.17) is 11.5 Å². The Balaban J connectivity index is 1.71. The monoisotopic (exact) mass is 281 g/mol. The van der Waals surface area contributed by atoms with Crippen LogP contribution in [0.15, 0.2) is 0 Å². The smallest absolute Gasteiger partial charge is 0.265 e. The van der Waals surface area contributed by atoms with E-state index >= 15 is 0 Å². The molecule has 0 bridgehead atoms. The van der Waals surface area contributed by atoms with Gasteiger partial charge in [-0.1, -0.05) is 11.3 Å². The molecule has 0 radical (unpaired) electrons. The molecule has 1 aromatic rings. The van der Waals surface area contributed by atoms with Crippen LogP contribution in [0.5, 0.6) is 0 Å². The van der Waals surface area contributed by atoms with Crippen LogP contribution < -0.4 is 21.7 Å². The summed E-state index contributed by atoms with van der Waals surface area (Å²) < 4.78 is 0. The van der Waals surface area contributed by atoms with Crippen LogP contribution in [0, 0.1) is 0 Å². The van der Waals surface area contributed by atoms with Gasteiger partial charge in [0.2, 0.25) is 0 Å². The third-order valence-corrected chi connectivity index (χ3v) is 4.91. The highest BCUT2D eigenvalue weighted by molar-refractivity contribution is 7.18. The molecular weight excluding hydrogens is 262 g/mol. The van der Waals surface area contributed by atoms with Crippen LogP contribution in [0.2, 0.25) is 0 Å². The zero-order valence-corrected chi connectivity index (χ0v) is 11.6. The fraction of sp³-hybridized carbons (Fsp3) is 0.667. The predicted octanol–water partition coefficient (Wildman–Crippen LogP) is 0.545. The second kappa shape index (κ2) is 4.97. The molecule has 19 heavy (non-hydrogen) atoms. The molecule has 1 unspecified atom stereocenters. The summed E-state index contributed by atoms with van der Waals surface area (Å²) in [5.41, 5.74) is 11.7. The normalized spacial score (nSPS) is 23.4. The number of thiazole rings is 1. The maximum absolute atomic E-state index is 12.1. The summed E-state index contributed by atoms with van der Waals surface area (Å²) in [6.45, 7) is 1.68. The quantitative estimate of drug-likeness (QED) is 0.751. The SMILES string of the molecule is Nc1nc(N2CCC(N)C2)sc1C(=O)NC1CCC1. The molecule has 1 aliphatic heterocycles. The molecule has 1 aliphatic carbocycles. The van der Waals surface area contributed by atoms with E-state index < -0.39 is 0 Å². The van der Waals surface area contributed by atoms with Gasteiger partial charge < -0.3 is 21.7 Å². The number of nitrogens with two attached hydrogens (primary N) is 2. The molecule has 2 fully saturated rings. The number of carbonyl (C=O) groups excluding carboxylic acids is 1. The summed E-state index contributed by atoms with van der Waals surface area (Å²) in [5, 5.41) is 3.80. The van der Waals surface area contributed by atoms with Crippen molar-refractivity contribution >= 4 is 28.2 Å². The highest BCUT2D eigenvalue weighted by Gasteiger charge is 2.26. The van der Waals surface area contributed by atoms with Crippen molar-refractivity contribution in [3.05, 3.63) is 4.88 Å². The van der Waals surface area contributed by atoms with E-state index in [0.29, 0.717) is 16.7 Å². The Bertz CT molecular complexity index is 484. The van der Waals surface area contributed by atoms with Crippen LogP contribution in [0.1, 0.15) is 35.4 Å².